The van der Waals surface area contributed by atoms with Gasteiger partial charge in [0.05, 0.1) is 6.10 Å². The van der Waals surface area contributed by atoms with E-state index in [-0.39, 0.29) is 0 Å². The van der Waals surface area contributed by atoms with E-state index in [1.54, 1.807) is 0 Å². The number of carbonyl (C=O) groups excluding carboxylic acids is 1. The third-order valence-corrected chi connectivity index (χ3v) is 5.37. The molecule has 7 unspecified atom stereocenters. The zero-order chi connectivity index (χ0) is 17.3. The molecule has 0 bridgehead atoms. The van der Waals surface area contributed by atoms with Crippen molar-refractivity contribution in [3.63, 3.8) is 0 Å². The molecule has 24 heavy (non-hydrogen) atoms. The third-order valence-electron chi connectivity index (χ3n) is 5.37. The standard InChI is InChI=1S/C17H29NO6/c1-2-3-10-6-11(18-8-10)16(22)24-17-15(21)14(20)13(19)12(23-17)7-9-4-5-9/h9-15,17-21H,2-8H2,1H3. The van der Waals surface area contributed by atoms with Crippen LogP contribution in [0.3, 0.4) is 0 Å². The molecule has 1 aliphatic carbocycles. The van der Waals surface area contributed by atoms with E-state index in [1.165, 1.54) is 0 Å². The number of aliphatic hydroxyl groups is 3. The molecule has 0 amide bonds. The molecule has 7 nitrogen and oxygen atoms in total. The normalized spacial score (nSPS) is 42.9. The first kappa shape index (κ1) is 18.1. The highest BCUT2D eigenvalue weighted by Crippen LogP contribution is 2.37. The van der Waals surface area contributed by atoms with E-state index < -0.39 is 42.7 Å². The van der Waals surface area contributed by atoms with Crippen molar-refractivity contribution >= 4 is 5.97 Å². The monoisotopic (exact) mass is 343 g/mol. The van der Waals surface area contributed by atoms with Crippen LogP contribution in [0.4, 0.5) is 0 Å². The van der Waals surface area contributed by atoms with Gasteiger partial charge >= 0.3 is 5.97 Å². The van der Waals surface area contributed by atoms with E-state index in [0.29, 0.717) is 24.7 Å². The van der Waals surface area contributed by atoms with Gasteiger partial charge in [-0.15, -0.1) is 0 Å². The molecule has 4 N–H and O–H groups in total. The van der Waals surface area contributed by atoms with Crippen molar-refractivity contribution in [2.45, 2.75) is 82.2 Å². The summed E-state index contributed by atoms with van der Waals surface area (Å²) < 4.78 is 10.9. The van der Waals surface area contributed by atoms with Crippen LogP contribution in [0.1, 0.15) is 45.4 Å². The van der Waals surface area contributed by atoms with Crippen LogP contribution >= 0.6 is 0 Å². The SMILES string of the molecule is CCCC1CNC(C(=O)OC2OC(CC3CC3)C(O)C(O)C2O)C1. The molecule has 0 spiro atoms. The van der Waals surface area contributed by atoms with Crippen LogP contribution in [0.2, 0.25) is 0 Å². The summed E-state index contributed by atoms with van der Waals surface area (Å²) >= 11 is 0. The topological polar surface area (TPSA) is 108 Å². The second kappa shape index (κ2) is 7.66. The average Bonchev–Trinajstić information content (AvgIpc) is 3.25. The molecule has 0 aromatic rings. The maximum atomic E-state index is 12.3. The molecule has 7 atom stereocenters. The van der Waals surface area contributed by atoms with Gasteiger partial charge < -0.3 is 30.1 Å². The van der Waals surface area contributed by atoms with Crippen LogP contribution in [-0.2, 0) is 14.3 Å². The number of ether oxygens (including phenoxy) is 2. The molecule has 3 aliphatic rings. The molecule has 1 saturated carbocycles. The summed E-state index contributed by atoms with van der Waals surface area (Å²) in [5, 5.41) is 33.3. The zero-order valence-electron chi connectivity index (χ0n) is 14.1. The lowest BCUT2D eigenvalue weighted by atomic mass is 9.95. The van der Waals surface area contributed by atoms with Crippen LogP contribution in [0.5, 0.6) is 0 Å². The van der Waals surface area contributed by atoms with Crippen LogP contribution in [0, 0.1) is 11.8 Å². The predicted octanol–water partition coefficient (Wildman–Crippen LogP) is -0.0845. The number of carbonyl (C=O) groups is 1. The fraction of sp³-hybridized carbons (Fsp3) is 0.941. The van der Waals surface area contributed by atoms with E-state index in [0.717, 1.165) is 32.2 Å². The van der Waals surface area contributed by atoms with Crippen LogP contribution in [0.15, 0.2) is 0 Å². The first-order valence-corrected chi connectivity index (χ1v) is 9.13. The molecule has 2 heterocycles. The largest absolute Gasteiger partial charge is 0.432 e. The third kappa shape index (κ3) is 4.08. The van der Waals surface area contributed by atoms with Gasteiger partial charge in [0.25, 0.3) is 0 Å². The Bertz CT molecular complexity index is 443. The van der Waals surface area contributed by atoms with Crippen molar-refractivity contribution in [1.29, 1.82) is 0 Å². The van der Waals surface area contributed by atoms with Crippen molar-refractivity contribution in [3.05, 3.63) is 0 Å². The van der Waals surface area contributed by atoms with Crippen molar-refractivity contribution in [3.8, 4) is 0 Å². The van der Waals surface area contributed by atoms with E-state index in [1.807, 2.05) is 0 Å². The summed E-state index contributed by atoms with van der Waals surface area (Å²) in [6.07, 6.45) is -0.179. The molecule has 0 aromatic heterocycles. The lowest BCUT2D eigenvalue weighted by molar-refractivity contribution is -0.290. The minimum Gasteiger partial charge on any atom is -0.432 e. The van der Waals surface area contributed by atoms with Gasteiger partial charge in [-0.3, -0.25) is 4.79 Å². The van der Waals surface area contributed by atoms with Gasteiger partial charge in [-0.1, -0.05) is 26.2 Å². The highest BCUT2D eigenvalue weighted by molar-refractivity contribution is 5.76. The van der Waals surface area contributed by atoms with Gasteiger partial charge in [-0.05, 0) is 37.6 Å². The molecule has 0 aromatic carbocycles. The summed E-state index contributed by atoms with van der Waals surface area (Å²) in [5.41, 5.74) is 0. The van der Waals surface area contributed by atoms with E-state index in [9.17, 15) is 20.1 Å². The molecule has 2 saturated heterocycles. The van der Waals surface area contributed by atoms with Crippen LogP contribution < -0.4 is 5.32 Å². The second-order valence-electron chi connectivity index (χ2n) is 7.48. The van der Waals surface area contributed by atoms with Crippen molar-refractivity contribution < 1.29 is 29.6 Å². The molecule has 2 aliphatic heterocycles. The van der Waals surface area contributed by atoms with Crippen molar-refractivity contribution in [2.75, 3.05) is 6.54 Å². The van der Waals surface area contributed by atoms with Gasteiger partial charge in [0.2, 0.25) is 6.29 Å². The first-order chi connectivity index (χ1) is 11.5. The summed E-state index contributed by atoms with van der Waals surface area (Å²) in [5.74, 6) is 0.473. The molecule has 0 radical (unpaired) electrons. The van der Waals surface area contributed by atoms with Gasteiger partial charge in [0.15, 0.2) is 0 Å². The molecule has 3 rings (SSSR count). The molecule has 138 valence electrons. The van der Waals surface area contributed by atoms with Gasteiger partial charge in [0, 0.05) is 0 Å². The van der Waals surface area contributed by atoms with Crippen molar-refractivity contribution in [2.24, 2.45) is 11.8 Å². The number of rotatable bonds is 6. The number of hydrogen-bond acceptors (Lipinski definition) is 7. The molecular formula is C17H29NO6. The predicted molar refractivity (Wildman–Crippen MR) is 84.9 cm³/mol. The van der Waals surface area contributed by atoms with E-state index >= 15 is 0 Å². The van der Waals surface area contributed by atoms with Crippen molar-refractivity contribution in [1.82, 2.24) is 5.32 Å². The lowest BCUT2D eigenvalue weighted by Gasteiger charge is -2.40. The summed E-state index contributed by atoms with van der Waals surface area (Å²) in [4.78, 5) is 12.3. The highest BCUT2D eigenvalue weighted by Gasteiger charge is 2.47. The number of hydrogen-bond donors (Lipinski definition) is 4. The minimum absolute atomic E-state index is 0.400. The van der Waals surface area contributed by atoms with E-state index in [4.69, 9.17) is 9.47 Å². The Balaban J connectivity index is 1.55. The molecule has 3 fully saturated rings. The fourth-order valence-corrected chi connectivity index (χ4v) is 3.70. The fourth-order valence-electron chi connectivity index (χ4n) is 3.70. The number of esters is 1. The summed E-state index contributed by atoms with van der Waals surface area (Å²) in [7, 11) is 0. The van der Waals surface area contributed by atoms with Crippen LogP contribution in [-0.4, -0.2) is 64.6 Å². The summed E-state index contributed by atoms with van der Waals surface area (Å²) in [6, 6.07) is -0.400. The smallest absolute Gasteiger partial charge is 0.325 e. The quantitative estimate of drug-likeness (QED) is 0.499. The number of aliphatic hydroxyl groups excluding tert-OH is 3. The zero-order valence-corrected chi connectivity index (χ0v) is 14.1. The maximum Gasteiger partial charge on any atom is 0.325 e. The Hall–Kier alpha value is -0.730. The minimum atomic E-state index is -1.44. The lowest BCUT2D eigenvalue weighted by Crippen LogP contribution is -2.59. The Morgan fingerprint density at radius 3 is 2.58 bits per heavy atom. The number of nitrogens with one attached hydrogen (secondary N) is 1. The van der Waals surface area contributed by atoms with Crippen LogP contribution in [0.25, 0.3) is 0 Å². The Labute approximate surface area is 142 Å². The summed E-state index contributed by atoms with van der Waals surface area (Å²) in [6.45, 7) is 2.90. The molecule has 7 heteroatoms. The Morgan fingerprint density at radius 2 is 1.92 bits per heavy atom. The second-order valence-corrected chi connectivity index (χ2v) is 7.48. The van der Waals surface area contributed by atoms with Gasteiger partial charge in [-0.25, -0.2) is 0 Å². The van der Waals surface area contributed by atoms with Gasteiger partial charge in [0.1, 0.15) is 24.4 Å². The molecular weight excluding hydrogens is 314 g/mol. The highest BCUT2D eigenvalue weighted by atomic mass is 16.7. The first-order valence-electron chi connectivity index (χ1n) is 9.13. The average molecular weight is 343 g/mol. The van der Waals surface area contributed by atoms with E-state index in [2.05, 4.69) is 12.2 Å². The Morgan fingerprint density at radius 1 is 1.17 bits per heavy atom. The maximum absolute atomic E-state index is 12.3. The van der Waals surface area contributed by atoms with Gasteiger partial charge in [-0.2, -0.15) is 0 Å². The Kier molecular flexibility index (Phi) is 5.77.